The van der Waals surface area contributed by atoms with Gasteiger partial charge in [0, 0.05) is 22.9 Å². The largest absolute Gasteiger partial charge is 0.465 e. The number of halogens is 5. The average Bonchev–Trinajstić information content (AvgIpc) is 3.24. The second-order valence-corrected chi connectivity index (χ2v) is 6.88. The number of aromatic amines is 1. The van der Waals surface area contributed by atoms with E-state index >= 15 is 0 Å². The third-order valence-corrected chi connectivity index (χ3v) is 4.63. The van der Waals surface area contributed by atoms with Gasteiger partial charge in [-0.05, 0) is 19.1 Å². The number of nitrogens with one attached hydrogen (secondary N) is 1. The summed E-state index contributed by atoms with van der Waals surface area (Å²) in [4.78, 5) is 15.1. The third-order valence-electron chi connectivity index (χ3n) is 4.32. The van der Waals surface area contributed by atoms with Crippen molar-refractivity contribution in [2.45, 2.75) is 25.7 Å². The van der Waals surface area contributed by atoms with Gasteiger partial charge in [0.25, 0.3) is 0 Å². The molecule has 1 atom stereocenters. The van der Waals surface area contributed by atoms with Crippen LogP contribution in [-0.4, -0.2) is 39.1 Å². The number of carbonyl (C=O) groups excluding carboxylic acids is 1. The van der Waals surface area contributed by atoms with Crippen LogP contribution in [0, 0.1) is 5.82 Å². The predicted octanol–water partition coefficient (Wildman–Crippen LogP) is 4.52. The number of rotatable bonds is 5. The Labute approximate surface area is 173 Å². The second kappa shape index (κ2) is 8.11. The quantitative estimate of drug-likeness (QED) is 0.447. The number of hydrogen-bond acceptors (Lipinski definition) is 4. The molecule has 0 unspecified atom stereocenters. The van der Waals surface area contributed by atoms with E-state index in [1.165, 1.54) is 25.3 Å². The molecule has 30 heavy (non-hydrogen) atoms. The number of benzene rings is 1. The van der Waals surface area contributed by atoms with Gasteiger partial charge in [-0.2, -0.15) is 18.3 Å². The monoisotopic (exact) mass is 445 g/mol. The molecule has 2 heterocycles. The summed E-state index contributed by atoms with van der Waals surface area (Å²) in [6.07, 6.45) is -3.86. The molecule has 6 nitrogen and oxygen atoms in total. The highest BCUT2D eigenvalue weighted by molar-refractivity contribution is 6.33. The van der Waals surface area contributed by atoms with Crippen LogP contribution in [0.15, 0.2) is 30.6 Å². The van der Waals surface area contributed by atoms with Gasteiger partial charge in [-0.3, -0.25) is 4.68 Å². The fourth-order valence-electron chi connectivity index (χ4n) is 3.16. The van der Waals surface area contributed by atoms with Crippen LogP contribution in [0.25, 0.3) is 22.4 Å². The van der Waals surface area contributed by atoms with Crippen LogP contribution < -0.4 is 0 Å². The number of aliphatic hydroxyl groups is 1. The first-order valence-electron chi connectivity index (χ1n) is 8.61. The van der Waals surface area contributed by atoms with E-state index in [4.69, 9.17) is 16.3 Å². The molecule has 2 N–H and O–H groups in total. The standard InChI is InChI=1S/C19H16ClF4N3O3/c1-9(28)8-27-17(19(22,23)24)11(7-26-27)16-15(18(29)30-2)10(6-25-16)14-12(20)4-3-5-13(14)21/h3-7,9,25,28H,8H2,1-2H3/t9-/m0/s1. The molecule has 0 saturated carbocycles. The lowest BCUT2D eigenvalue weighted by Gasteiger charge is -2.14. The van der Waals surface area contributed by atoms with Crippen LogP contribution in [0.3, 0.4) is 0 Å². The van der Waals surface area contributed by atoms with E-state index in [9.17, 15) is 27.5 Å². The van der Waals surface area contributed by atoms with Crippen molar-refractivity contribution in [2.75, 3.05) is 7.11 Å². The van der Waals surface area contributed by atoms with E-state index in [1.807, 2.05) is 0 Å². The van der Waals surface area contributed by atoms with Gasteiger partial charge in [0.15, 0.2) is 5.69 Å². The maximum Gasteiger partial charge on any atom is 0.433 e. The Bertz CT molecular complexity index is 1070. The minimum absolute atomic E-state index is 0.0356. The van der Waals surface area contributed by atoms with Gasteiger partial charge >= 0.3 is 12.1 Å². The second-order valence-electron chi connectivity index (χ2n) is 6.48. The van der Waals surface area contributed by atoms with Crippen LogP contribution in [0.4, 0.5) is 17.6 Å². The lowest BCUT2D eigenvalue weighted by atomic mass is 9.99. The van der Waals surface area contributed by atoms with E-state index in [-0.39, 0.29) is 27.4 Å². The normalized spacial score (nSPS) is 12.8. The van der Waals surface area contributed by atoms with E-state index < -0.39 is 41.9 Å². The number of carbonyl (C=O) groups is 1. The minimum Gasteiger partial charge on any atom is -0.465 e. The van der Waals surface area contributed by atoms with Crippen LogP contribution in [-0.2, 0) is 17.5 Å². The van der Waals surface area contributed by atoms with Gasteiger partial charge < -0.3 is 14.8 Å². The zero-order valence-electron chi connectivity index (χ0n) is 15.7. The van der Waals surface area contributed by atoms with E-state index in [1.54, 1.807) is 0 Å². The molecule has 0 fully saturated rings. The molecule has 160 valence electrons. The SMILES string of the molecule is COC(=O)c1c(-c2c(F)cccc2Cl)c[nH]c1-c1cnn(C[C@H](C)O)c1C(F)(F)F. The summed E-state index contributed by atoms with van der Waals surface area (Å²) < 4.78 is 61.1. The number of methoxy groups -OCH3 is 1. The molecule has 0 bridgehead atoms. The Morgan fingerprint density at radius 3 is 2.63 bits per heavy atom. The Morgan fingerprint density at radius 2 is 2.07 bits per heavy atom. The molecule has 3 rings (SSSR count). The smallest absolute Gasteiger partial charge is 0.433 e. The summed E-state index contributed by atoms with van der Waals surface area (Å²) in [7, 11) is 1.05. The summed E-state index contributed by atoms with van der Waals surface area (Å²) in [6, 6.07) is 3.85. The lowest BCUT2D eigenvalue weighted by Crippen LogP contribution is -2.21. The van der Waals surface area contributed by atoms with Crippen LogP contribution in [0.5, 0.6) is 0 Å². The Kier molecular flexibility index (Phi) is 5.91. The van der Waals surface area contributed by atoms with Crippen LogP contribution in [0.2, 0.25) is 5.02 Å². The molecule has 0 spiro atoms. The molecular formula is C19H16ClF4N3O3. The van der Waals surface area contributed by atoms with Crippen molar-refractivity contribution in [3.63, 3.8) is 0 Å². The number of esters is 1. The van der Waals surface area contributed by atoms with Crippen molar-refractivity contribution < 1.29 is 32.2 Å². The first-order valence-corrected chi connectivity index (χ1v) is 8.99. The maximum absolute atomic E-state index is 14.4. The van der Waals surface area contributed by atoms with Gasteiger partial charge in [0.05, 0.1) is 42.2 Å². The lowest BCUT2D eigenvalue weighted by molar-refractivity contribution is -0.144. The van der Waals surface area contributed by atoms with E-state index in [0.717, 1.165) is 19.4 Å². The number of aliphatic hydroxyl groups excluding tert-OH is 1. The molecule has 0 saturated heterocycles. The van der Waals surface area contributed by atoms with Crippen molar-refractivity contribution in [3.8, 4) is 22.4 Å². The number of hydrogen-bond donors (Lipinski definition) is 2. The zero-order valence-corrected chi connectivity index (χ0v) is 16.5. The van der Waals surface area contributed by atoms with Crippen LogP contribution in [0.1, 0.15) is 23.0 Å². The topological polar surface area (TPSA) is 80.1 Å². The van der Waals surface area contributed by atoms with Gasteiger partial charge in [-0.15, -0.1) is 0 Å². The van der Waals surface area contributed by atoms with Gasteiger partial charge in [0.1, 0.15) is 5.82 Å². The van der Waals surface area contributed by atoms with Crippen LogP contribution >= 0.6 is 11.6 Å². The number of H-pyrrole nitrogens is 1. The highest BCUT2D eigenvalue weighted by Crippen LogP contribution is 2.42. The molecule has 0 aliphatic rings. The van der Waals surface area contributed by atoms with Crippen molar-refractivity contribution in [2.24, 2.45) is 0 Å². The fourth-order valence-corrected chi connectivity index (χ4v) is 3.42. The van der Waals surface area contributed by atoms with Gasteiger partial charge in [-0.25, -0.2) is 9.18 Å². The molecule has 3 aromatic rings. The molecule has 0 radical (unpaired) electrons. The fraction of sp³-hybridized carbons (Fsp3) is 0.263. The van der Waals surface area contributed by atoms with Gasteiger partial charge in [-0.1, -0.05) is 17.7 Å². The van der Waals surface area contributed by atoms with Crippen molar-refractivity contribution in [1.82, 2.24) is 14.8 Å². The maximum atomic E-state index is 14.4. The molecular weight excluding hydrogens is 430 g/mol. The van der Waals surface area contributed by atoms with E-state index in [2.05, 4.69) is 10.1 Å². The highest BCUT2D eigenvalue weighted by atomic mass is 35.5. The summed E-state index contributed by atoms with van der Waals surface area (Å²) in [5, 5.41) is 13.2. The zero-order chi connectivity index (χ0) is 22.2. The first kappa shape index (κ1) is 21.8. The summed E-state index contributed by atoms with van der Waals surface area (Å²) in [6.45, 7) is 0.892. The minimum atomic E-state index is -4.85. The third kappa shape index (κ3) is 3.92. The molecule has 0 aliphatic heterocycles. The van der Waals surface area contributed by atoms with Gasteiger partial charge in [0.2, 0.25) is 0 Å². The first-order chi connectivity index (χ1) is 14.1. The average molecular weight is 446 g/mol. The molecule has 11 heteroatoms. The van der Waals surface area contributed by atoms with Crippen molar-refractivity contribution in [1.29, 1.82) is 0 Å². The summed E-state index contributed by atoms with van der Waals surface area (Å²) in [5.74, 6) is -1.75. The number of ether oxygens (including phenoxy) is 1. The van der Waals surface area contributed by atoms with E-state index in [0.29, 0.717) is 4.68 Å². The Morgan fingerprint density at radius 1 is 1.37 bits per heavy atom. The molecule has 1 aromatic carbocycles. The Balaban J connectivity index is 2.30. The number of aromatic nitrogens is 3. The molecule has 2 aromatic heterocycles. The summed E-state index contributed by atoms with van der Waals surface area (Å²) >= 11 is 6.07. The Hall–Kier alpha value is -2.85. The predicted molar refractivity (Wildman–Crippen MR) is 100 cm³/mol. The van der Waals surface area contributed by atoms with Crippen molar-refractivity contribution >= 4 is 17.6 Å². The summed E-state index contributed by atoms with van der Waals surface area (Å²) in [5.41, 5.74) is -2.45. The number of nitrogens with zero attached hydrogens (tertiary/aromatic N) is 2. The molecule has 0 amide bonds. The molecule has 0 aliphatic carbocycles. The number of alkyl halides is 3. The highest BCUT2D eigenvalue weighted by Gasteiger charge is 2.40. The van der Waals surface area contributed by atoms with Crippen molar-refractivity contribution in [3.05, 3.63) is 52.7 Å².